The van der Waals surface area contributed by atoms with Crippen LogP contribution in [0.3, 0.4) is 0 Å². The van der Waals surface area contributed by atoms with Gasteiger partial charge in [0.1, 0.15) is 0 Å². The number of hydrogen-bond donors (Lipinski definition) is 0. The fourth-order valence-corrected chi connectivity index (χ4v) is 2.95. The molecule has 0 atom stereocenters. The number of carbonyl (C=O) groups excluding carboxylic acids is 3. The summed E-state index contributed by atoms with van der Waals surface area (Å²) in [5, 5.41) is 11.0. The number of esters is 2. The van der Waals surface area contributed by atoms with Gasteiger partial charge in [-0.1, -0.05) is 6.92 Å². The van der Waals surface area contributed by atoms with Gasteiger partial charge in [-0.2, -0.15) is 0 Å². The van der Waals surface area contributed by atoms with Gasteiger partial charge >= 0.3 is 11.9 Å². The second-order valence-corrected chi connectivity index (χ2v) is 6.30. The summed E-state index contributed by atoms with van der Waals surface area (Å²) in [6.45, 7) is 1.46. The summed E-state index contributed by atoms with van der Waals surface area (Å²) in [7, 11) is 1.11. The molecule has 2 rings (SSSR count). The summed E-state index contributed by atoms with van der Waals surface area (Å²) in [4.78, 5) is 47.5. The molecule has 0 saturated heterocycles. The Morgan fingerprint density at radius 1 is 1.12 bits per heavy atom. The zero-order chi connectivity index (χ0) is 19.3. The molecular formula is C17H15NO7S. The third-order valence-corrected chi connectivity index (χ3v) is 4.68. The van der Waals surface area contributed by atoms with Crippen molar-refractivity contribution in [2.45, 2.75) is 13.3 Å². The lowest BCUT2D eigenvalue weighted by molar-refractivity contribution is -0.384. The van der Waals surface area contributed by atoms with Crippen LogP contribution in [0.5, 0.6) is 0 Å². The number of hydrogen-bond acceptors (Lipinski definition) is 8. The number of non-ortho nitro benzene ring substituents is 1. The molecule has 0 bridgehead atoms. The number of aryl methyl sites for hydroxylation is 1. The summed E-state index contributed by atoms with van der Waals surface area (Å²) < 4.78 is 9.44. The quantitative estimate of drug-likeness (QED) is 0.315. The molecule has 0 aliphatic rings. The molecule has 136 valence electrons. The molecule has 2 aromatic rings. The average Bonchev–Trinajstić information content (AvgIpc) is 3.14. The van der Waals surface area contributed by atoms with E-state index in [1.54, 1.807) is 6.07 Å². The topological polar surface area (TPSA) is 113 Å². The SMILES string of the molecule is CCc1ccc(C(=O)COC(=O)c2cc(C(=O)OC)cc([N+](=O)[O-])c2)s1. The maximum absolute atomic E-state index is 12.1. The predicted molar refractivity (Wildman–Crippen MR) is 92.7 cm³/mol. The molecule has 8 nitrogen and oxygen atoms in total. The van der Waals surface area contributed by atoms with E-state index in [9.17, 15) is 24.5 Å². The first-order valence-corrected chi connectivity index (χ1v) is 8.34. The van der Waals surface area contributed by atoms with E-state index in [1.165, 1.54) is 11.3 Å². The van der Waals surface area contributed by atoms with Crippen LogP contribution in [0.15, 0.2) is 30.3 Å². The van der Waals surface area contributed by atoms with E-state index in [-0.39, 0.29) is 16.9 Å². The molecule has 26 heavy (non-hydrogen) atoms. The smallest absolute Gasteiger partial charge is 0.338 e. The second kappa shape index (κ2) is 8.34. The van der Waals surface area contributed by atoms with Crippen LogP contribution in [0.2, 0.25) is 0 Å². The predicted octanol–water partition coefficient (Wildman–Crippen LogP) is 3.05. The van der Waals surface area contributed by atoms with Crippen LogP contribution in [0.4, 0.5) is 5.69 Å². The Labute approximate surface area is 152 Å². The van der Waals surface area contributed by atoms with E-state index < -0.39 is 29.2 Å². The van der Waals surface area contributed by atoms with Gasteiger partial charge in [0.25, 0.3) is 5.69 Å². The molecule has 0 amide bonds. The summed E-state index contributed by atoms with van der Waals surface area (Å²) in [6, 6.07) is 6.56. The highest BCUT2D eigenvalue weighted by Crippen LogP contribution is 2.20. The molecule has 0 aliphatic heterocycles. The minimum Gasteiger partial charge on any atom is -0.465 e. The molecule has 1 heterocycles. The van der Waals surface area contributed by atoms with Crippen LogP contribution < -0.4 is 0 Å². The Morgan fingerprint density at radius 3 is 2.31 bits per heavy atom. The lowest BCUT2D eigenvalue weighted by Crippen LogP contribution is -2.14. The van der Waals surface area contributed by atoms with Crippen LogP contribution in [0.25, 0.3) is 0 Å². The molecule has 0 saturated carbocycles. The average molecular weight is 377 g/mol. The summed E-state index contributed by atoms with van der Waals surface area (Å²) >= 11 is 1.31. The van der Waals surface area contributed by atoms with E-state index in [1.807, 2.05) is 13.0 Å². The van der Waals surface area contributed by atoms with Gasteiger partial charge in [-0.05, 0) is 24.6 Å². The molecule has 0 fully saturated rings. The zero-order valence-corrected chi connectivity index (χ0v) is 14.8. The summed E-state index contributed by atoms with van der Waals surface area (Å²) in [6.07, 6.45) is 0.793. The maximum atomic E-state index is 12.1. The fraction of sp³-hybridized carbons (Fsp3) is 0.235. The van der Waals surface area contributed by atoms with Crippen LogP contribution in [0, 0.1) is 10.1 Å². The summed E-state index contributed by atoms with van der Waals surface area (Å²) in [5.74, 6) is -2.15. The van der Waals surface area contributed by atoms with E-state index >= 15 is 0 Å². The second-order valence-electron chi connectivity index (χ2n) is 5.14. The molecular weight excluding hydrogens is 362 g/mol. The van der Waals surface area contributed by atoms with Gasteiger partial charge in [-0.3, -0.25) is 14.9 Å². The number of nitro groups is 1. The van der Waals surface area contributed by atoms with Crippen molar-refractivity contribution in [2.75, 3.05) is 13.7 Å². The lowest BCUT2D eigenvalue weighted by Gasteiger charge is -2.06. The van der Waals surface area contributed by atoms with Gasteiger partial charge in [-0.15, -0.1) is 11.3 Å². The largest absolute Gasteiger partial charge is 0.465 e. The maximum Gasteiger partial charge on any atom is 0.338 e. The molecule has 0 aliphatic carbocycles. The number of rotatable bonds is 7. The number of Topliss-reactive ketones (excluding diaryl/α,β-unsaturated/α-hetero) is 1. The van der Waals surface area contributed by atoms with E-state index in [4.69, 9.17) is 4.74 Å². The van der Waals surface area contributed by atoms with Crippen LogP contribution in [0.1, 0.15) is 42.2 Å². The Kier molecular flexibility index (Phi) is 6.18. The first-order valence-electron chi connectivity index (χ1n) is 7.52. The van der Waals surface area contributed by atoms with E-state index in [0.717, 1.165) is 36.6 Å². The zero-order valence-electron chi connectivity index (χ0n) is 14.0. The van der Waals surface area contributed by atoms with Gasteiger partial charge in [0, 0.05) is 17.0 Å². The first kappa shape index (κ1) is 19.3. The molecule has 0 N–H and O–H groups in total. The first-order chi connectivity index (χ1) is 12.3. The van der Waals surface area contributed by atoms with Crippen molar-refractivity contribution in [3.8, 4) is 0 Å². The highest BCUT2D eigenvalue weighted by Gasteiger charge is 2.20. The van der Waals surface area contributed by atoms with Crippen molar-refractivity contribution in [1.82, 2.24) is 0 Å². The highest BCUT2D eigenvalue weighted by atomic mass is 32.1. The van der Waals surface area contributed by atoms with Crippen molar-refractivity contribution in [3.05, 3.63) is 61.3 Å². The number of thiophene rings is 1. The van der Waals surface area contributed by atoms with E-state index in [0.29, 0.717) is 4.88 Å². The minimum absolute atomic E-state index is 0.161. The fourth-order valence-electron chi connectivity index (χ4n) is 2.07. The molecule has 9 heteroatoms. The Hall–Kier alpha value is -3.07. The number of carbonyl (C=O) groups is 3. The van der Waals surface area contributed by atoms with Gasteiger partial charge in [0.05, 0.1) is 28.0 Å². The standard InChI is InChI=1S/C17H15NO7S/c1-3-13-4-5-15(26-13)14(19)9-25-17(21)11-6-10(16(20)24-2)7-12(8-11)18(22)23/h4-8H,3,9H2,1-2H3. The van der Waals surface area contributed by atoms with Crippen molar-refractivity contribution in [3.63, 3.8) is 0 Å². The van der Waals surface area contributed by atoms with Crippen LogP contribution in [-0.4, -0.2) is 36.4 Å². The van der Waals surface area contributed by atoms with Crippen LogP contribution >= 0.6 is 11.3 Å². The highest BCUT2D eigenvalue weighted by molar-refractivity contribution is 7.14. The Morgan fingerprint density at radius 2 is 1.77 bits per heavy atom. The molecule has 0 spiro atoms. The third kappa shape index (κ3) is 4.51. The molecule has 1 aromatic carbocycles. The van der Waals surface area contributed by atoms with Crippen molar-refractivity contribution >= 4 is 34.7 Å². The van der Waals surface area contributed by atoms with Crippen molar-refractivity contribution < 1.29 is 28.8 Å². The number of methoxy groups -OCH3 is 1. The normalized spacial score (nSPS) is 10.2. The Balaban J connectivity index is 2.15. The van der Waals surface area contributed by atoms with Crippen molar-refractivity contribution in [1.29, 1.82) is 0 Å². The third-order valence-electron chi connectivity index (χ3n) is 3.40. The molecule has 1 aromatic heterocycles. The molecule has 0 unspecified atom stereocenters. The van der Waals surface area contributed by atoms with Gasteiger partial charge in [-0.25, -0.2) is 9.59 Å². The summed E-state index contributed by atoms with van der Waals surface area (Å²) in [5.41, 5.74) is -0.837. The molecule has 0 radical (unpaired) electrons. The van der Waals surface area contributed by atoms with E-state index in [2.05, 4.69) is 4.74 Å². The monoisotopic (exact) mass is 377 g/mol. The van der Waals surface area contributed by atoms with Gasteiger partial charge < -0.3 is 9.47 Å². The number of benzene rings is 1. The Bertz CT molecular complexity index is 872. The van der Waals surface area contributed by atoms with Gasteiger partial charge in [0.2, 0.25) is 5.78 Å². The lowest BCUT2D eigenvalue weighted by atomic mass is 10.1. The van der Waals surface area contributed by atoms with Gasteiger partial charge in [0.15, 0.2) is 6.61 Å². The number of nitrogens with zero attached hydrogens (tertiary/aromatic N) is 1. The number of ether oxygens (including phenoxy) is 2. The number of nitro benzene ring substituents is 1. The number of ketones is 1. The van der Waals surface area contributed by atoms with Crippen molar-refractivity contribution in [2.24, 2.45) is 0 Å². The van der Waals surface area contributed by atoms with Crippen LogP contribution in [-0.2, 0) is 15.9 Å². The minimum atomic E-state index is -0.945.